The molecule has 0 spiro atoms. The van der Waals surface area contributed by atoms with Gasteiger partial charge in [0.2, 0.25) is 0 Å². The predicted octanol–water partition coefficient (Wildman–Crippen LogP) is 1.68. The van der Waals surface area contributed by atoms with E-state index >= 15 is 0 Å². The van der Waals surface area contributed by atoms with Crippen molar-refractivity contribution in [1.29, 1.82) is 0 Å². The van der Waals surface area contributed by atoms with Gasteiger partial charge in [-0.1, -0.05) is 0 Å². The first-order valence-electron chi connectivity index (χ1n) is 6.40. The molecule has 3 N–H and O–H groups in total. The summed E-state index contributed by atoms with van der Waals surface area (Å²) in [6.07, 6.45) is 3.26. The first kappa shape index (κ1) is 14.5. The number of nitrogens with zero attached hydrogens (tertiary/aromatic N) is 2. The van der Waals surface area contributed by atoms with E-state index in [4.69, 9.17) is 0 Å². The molecule has 8 heteroatoms. The van der Waals surface area contributed by atoms with E-state index in [1.807, 2.05) is 6.92 Å². The number of amides is 1. The number of aromatic amines is 1. The molecule has 2 aromatic rings. The van der Waals surface area contributed by atoms with Gasteiger partial charge in [0.1, 0.15) is 5.69 Å². The molecule has 0 saturated carbocycles. The molecule has 0 radical (unpaired) electrons. The molecule has 1 aromatic heterocycles. The summed E-state index contributed by atoms with van der Waals surface area (Å²) in [6, 6.07) is 4.35. The number of benzene rings is 1. The van der Waals surface area contributed by atoms with Crippen LogP contribution in [0.2, 0.25) is 0 Å². The number of nitro groups is 1. The number of carbonyl (C=O) groups excluding carboxylic acids is 1. The highest BCUT2D eigenvalue weighted by molar-refractivity contribution is 5.95. The van der Waals surface area contributed by atoms with Crippen LogP contribution in [0.5, 0.6) is 0 Å². The summed E-state index contributed by atoms with van der Waals surface area (Å²) >= 11 is 0. The standard InChI is InChI=1S/C13H15N5O3/c1-2-14-11-4-3-10(5-12(11)18(20)21)13(19)15-6-9-7-16-17-8-9/h3-5,7-8,14H,2,6H2,1H3,(H,15,19)(H,16,17). The average molecular weight is 289 g/mol. The molecule has 0 unspecified atom stereocenters. The van der Waals surface area contributed by atoms with E-state index < -0.39 is 4.92 Å². The Bertz CT molecular complexity index is 639. The van der Waals surface area contributed by atoms with E-state index in [0.29, 0.717) is 18.8 Å². The normalized spacial score (nSPS) is 10.1. The summed E-state index contributed by atoms with van der Waals surface area (Å²) in [5, 5.41) is 23.0. The minimum absolute atomic E-state index is 0.118. The summed E-state index contributed by atoms with van der Waals surface area (Å²) in [6.45, 7) is 2.71. The number of H-pyrrole nitrogens is 1. The number of hydrogen-bond donors (Lipinski definition) is 3. The first-order valence-corrected chi connectivity index (χ1v) is 6.40. The van der Waals surface area contributed by atoms with Crippen LogP contribution in [-0.2, 0) is 6.54 Å². The minimum atomic E-state index is -0.509. The fraction of sp³-hybridized carbons (Fsp3) is 0.231. The molecule has 0 saturated heterocycles. The van der Waals surface area contributed by atoms with Crippen LogP contribution in [0.3, 0.4) is 0 Å². The maximum Gasteiger partial charge on any atom is 0.293 e. The monoisotopic (exact) mass is 289 g/mol. The number of rotatable bonds is 6. The summed E-state index contributed by atoms with van der Waals surface area (Å²) in [4.78, 5) is 22.5. The molecule has 2 rings (SSSR count). The van der Waals surface area contributed by atoms with Crippen LogP contribution in [0.4, 0.5) is 11.4 Å². The lowest BCUT2D eigenvalue weighted by molar-refractivity contribution is -0.384. The van der Waals surface area contributed by atoms with Crippen molar-refractivity contribution < 1.29 is 9.72 Å². The molecule has 21 heavy (non-hydrogen) atoms. The van der Waals surface area contributed by atoms with E-state index in [9.17, 15) is 14.9 Å². The Morgan fingerprint density at radius 2 is 2.29 bits per heavy atom. The second kappa shape index (κ2) is 6.51. The number of carbonyl (C=O) groups is 1. The molecule has 8 nitrogen and oxygen atoms in total. The molecule has 0 aliphatic heterocycles. The number of nitro benzene ring substituents is 1. The van der Waals surface area contributed by atoms with Gasteiger partial charge in [0, 0.05) is 36.5 Å². The lowest BCUT2D eigenvalue weighted by Crippen LogP contribution is -2.22. The van der Waals surface area contributed by atoms with Crippen molar-refractivity contribution in [2.75, 3.05) is 11.9 Å². The Hall–Kier alpha value is -2.90. The molecule has 0 atom stereocenters. The number of aromatic nitrogens is 2. The Kier molecular flexibility index (Phi) is 4.50. The zero-order valence-corrected chi connectivity index (χ0v) is 11.4. The summed E-state index contributed by atoms with van der Waals surface area (Å²) < 4.78 is 0. The van der Waals surface area contributed by atoms with Gasteiger partial charge in [-0.25, -0.2) is 0 Å². The van der Waals surface area contributed by atoms with Gasteiger partial charge >= 0.3 is 0 Å². The van der Waals surface area contributed by atoms with E-state index in [-0.39, 0.29) is 17.2 Å². The molecule has 110 valence electrons. The zero-order valence-electron chi connectivity index (χ0n) is 11.4. The quantitative estimate of drug-likeness (QED) is 0.553. The van der Waals surface area contributed by atoms with Gasteiger partial charge in [0.05, 0.1) is 11.1 Å². The fourth-order valence-corrected chi connectivity index (χ4v) is 1.82. The number of anilines is 1. The third kappa shape index (κ3) is 3.56. The minimum Gasteiger partial charge on any atom is -0.380 e. The van der Waals surface area contributed by atoms with Crippen molar-refractivity contribution in [1.82, 2.24) is 15.5 Å². The van der Waals surface area contributed by atoms with Gasteiger partial charge < -0.3 is 10.6 Å². The topological polar surface area (TPSA) is 113 Å². The Morgan fingerprint density at radius 1 is 1.48 bits per heavy atom. The van der Waals surface area contributed by atoms with Crippen LogP contribution >= 0.6 is 0 Å². The van der Waals surface area contributed by atoms with E-state index in [0.717, 1.165) is 5.56 Å². The van der Waals surface area contributed by atoms with Gasteiger partial charge in [0.25, 0.3) is 11.6 Å². The molecule has 1 aromatic carbocycles. The van der Waals surface area contributed by atoms with Crippen LogP contribution < -0.4 is 10.6 Å². The molecule has 1 heterocycles. The number of nitrogens with one attached hydrogen (secondary N) is 3. The van der Waals surface area contributed by atoms with Crippen molar-refractivity contribution >= 4 is 17.3 Å². The highest BCUT2D eigenvalue weighted by Crippen LogP contribution is 2.25. The van der Waals surface area contributed by atoms with Crippen LogP contribution in [-0.4, -0.2) is 27.6 Å². The second-order valence-corrected chi connectivity index (χ2v) is 4.31. The van der Waals surface area contributed by atoms with Crippen molar-refractivity contribution in [2.24, 2.45) is 0 Å². The summed E-state index contributed by atoms with van der Waals surface area (Å²) in [7, 11) is 0. The third-order valence-electron chi connectivity index (χ3n) is 2.83. The summed E-state index contributed by atoms with van der Waals surface area (Å²) in [5.41, 5.74) is 1.34. The second-order valence-electron chi connectivity index (χ2n) is 4.31. The zero-order chi connectivity index (χ0) is 15.2. The highest BCUT2D eigenvalue weighted by atomic mass is 16.6. The van der Waals surface area contributed by atoms with Gasteiger partial charge in [-0.15, -0.1) is 0 Å². The molecule has 0 aliphatic rings. The van der Waals surface area contributed by atoms with Gasteiger partial charge in [-0.3, -0.25) is 20.0 Å². The maximum absolute atomic E-state index is 12.0. The molecular formula is C13H15N5O3. The Morgan fingerprint density at radius 3 is 2.90 bits per heavy atom. The lowest BCUT2D eigenvalue weighted by atomic mass is 10.1. The molecule has 0 bridgehead atoms. The van der Waals surface area contributed by atoms with Crippen LogP contribution in [0.1, 0.15) is 22.8 Å². The fourth-order valence-electron chi connectivity index (χ4n) is 1.82. The van der Waals surface area contributed by atoms with Crippen molar-refractivity contribution in [3.8, 4) is 0 Å². The predicted molar refractivity (Wildman–Crippen MR) is 77.0 cm³/mol. The Balaban J connectivity index is 2.13. The van der Waals surface area contributed by atoms with Crippen LogP contribution in [0.25, 0.3) is 0 Å². The van der Waals surface area contributed by atoms with Crippen LogP contribution in [0, 0.1) is 10.1 Å². The van der Waals surface area contributed by atoms with Crippen LogP contribution in [0.15, 0.2) is 30.6 Å². The van der Waals surface area contributed by atoms with E-state index in [1.54, 1.807) is 18.5 Å². The lowest BCUT2D eigenvalue weighted by Gasteiger charge is -2.07. The SMILES string of the molecule is CCNc1ccc(C(=O)NCc2cn[nH]c2)cc1[N+](=O)[O-]. The summed E-state index contributed by atoms with van der Waals surface area (Å²) in [5.74, 6) is -0.373. The first-order chi connectivity index (χ1) is 10.1. The van der Waals surface area contributed by atoms with Crippen molar-refractivity contribution in [3.05, 3.63) is 51.8 Å². The molecular weight excluding hydrogens is 274 g/mol. The maximum atomic E-state index is 12.0. The molecule has 0 fully saturated rings. The average Bonchev–Trinajstić information content (AvgIpc) is 2.98. The Labute approximate surface area is 120 Å². The largest absolute Gasteiger partial charge is 0.380 e. The number of hydrogen-bond acceptors (Lipinski definition) is 5. The third-order valence-corrected chi connectivity index (χ3v) is 2.83. The highest BCUT2D eigenvalue weighted by Gasteiger charge is 2.17. The van der Waals surface area contributed by atoms with Gasteiger partial charge in [-0.05, 0) is 19.1 Å². The van der Waals surface area contributed by atoms with E-state index in [2.05, 4.69) is 20.8 Å². The van der Waals surface area contributed by atoms with E-state index in [1.165, 1.54) is 12.1 Å². The molecule has 0 aliphatic carbocycles. The van der Waals surface area contributed by atoms with Gasteiger partial charge in [0.15, 0.2) is 0 Å². The van der Waals surface area contributed by atoms with Crippen molar-refractivity contribution in [2.45, 2.75) is 13.5 Å². The molecule has 1 amide bonds. The van der Waals surface area contributed by atoms with Crippen molar-refractivity contribution in [3.63, 3.8) is 0 Å². The smallest absolute Gasteiger partial charge is 0.293 e. The van der Waals surface area contributed by atoms with Gasteiger partial charge in [-0.2, -0.15) is 5.10 Å².